The summed E-state index contributed by atoms with van der Waals surface area (Å²) >= 11 is 0. The molecule has 0 amide bonds. The van der Waals surface area contributed by atoms with Crippen molar-refractivity contribution in [3.8, 4) is 22.5 Å². The zero-order valence-corrected chi connectivity index (χ0v) is 34.2. The Labute approximate surface area is 320 Å². The third-order valence-electron chi connectivity index (χ3n) is 11.4. The van der Waals surface area contributed by atoms with Crippen LogP contribution < -0.4 is 0 Å². The number of rotatable bonds is 3. The molecule has 0 spiro atoms. The highest BCUT2D eigenvalue weighted by molar-refractivity contribution is 6.12. The fraction of sp³-hybridized carbons (Fsp3) is 0.320. The molecule has 54 heavy (non-hydrogen) atoms. The van der Waals surface area contributed by atoms with Gasteiger partial charge in [-0.3, -0.25) is 9.97 Å². The van der Waals surface area contributed by atoms with Gasteiger partial charge in [-0.2, -0.15) is 0 Å². The van der Waals surface area contributed by atoms with Crippen molar-refractivity contribution in [3.05, 3.63) is 132 Å². The van der Waals surface area contributed by atoms with Crippen LogP contribution >= 0.6 is 0 Å². The fourth-order valence-corrected chi connectivity index (χ4v) is 8.02. The molecule has 0 saturated heterocycles. The van der Waals surface area contributed by atoms with Crippen LogP contribution in [0, 0.1) is 0 Å². The molecule has 0 aliphatic heterocycles. The van der Waals surface area contributed by atoms with Gasteiger partial charge in [-0.15, -0.1) is 0 Å². The molecule has 4 heteroatoms. The van der Waals surface area contributed by atoms with Crippen LogP contribution in [0.25, 0.3) is 66.1 Å². The van der Waals surface area contributed by atoms with E-state index < -0.39 is 0 Å². The molecule has 0 saturated carbocycles. The second-order valence-electron chi connectivity index (χ2n) is 19.4. The molecular weight excluding hydrogens is 657 g/mol. The van der Waals surface area contributed by atoms with Crippen molar-refractivity contribution in [1.29, 1.82) is 0 Å². The molecule has 0 aliphatic rings. The van der Waals surface area contributed by atoms with Crippen molar-refractivity contribution in [2.45, 2.75) is 105 Å². The predicted molar refractivity (Wildman–Crippen MR) is 231 cm³/mol. The minimum absolute atomic E-state index is 0.0270. The van der Waals surface area contributed by atoms with Crippen LogP contribution in [0.5, 0.6) is 0 Å². The van der Waals surface area contributed by atoms with Crippen molar-refractivity contribution >= 4 is 43.6 Å². The molecule has 4 aromatic carbocycles. The van der Waals surface area contributed by atoms with E-state index in [1.807, 2.05) is 24.8 Å². The van der Waals surface area contributed by atoms with E-state index in [0.717, 1.165) is 22.5 Å². The summed E-state index contributed by atoms with van der Waals surface area (Å²) < 4.78 is 4.85. The zero-order valence-electron chi connectivity index (χ0n) is 34.2. The Kier molecular flexibility index (Phi) is 8.05. The van der Waals surface area contributed by atoms with E-state index in [4.69, 9.17) is 9.97 Å². The molecule has 0 fully saturated rings. The van der Waals surface area contributed by atoms with Crippen molar-refractivity contribution in [2.75, 3.05) is 0 Å². The summed E-state index contributed by atoms with van der Waals surface area (Å²) in [7, 11) is 0. The van der Waals surface area contributed by atoms with Gasteiger partial charge in [-0.05, 0) is 105 Å². The number of hydrogen-bond acceptors (Lipinski definition) is 2. The van der Waals surface area contributed by atoms with Crippen LogP contribution in [0.3, 0.4) is 0 Å². The molecular formula is C50H54N4. The second kappa shape index (κ2) is 12.1. The minimum Gasteiger partial charge on any atom is -0.307 e. The van der Waals surface area contributed by atoms with Crippen molar-refractivity contribution in [1.82, 2.24) is 19.1 Å². The van der Waals surface area contributed by atoms with E-state index in [9.17, 15) is 0 Å². The number of nitrogens with zero attached hydrogens (tertiary/aromatic N) is 4. The lowest BCUT2D eigenvalue weighted by atomic mass is 9.85. The topological polar surface area (TPSA) is 35.6 Å². The summed E-state index contributed by atoms with van der Waals surface area (Å²) in [4.78, 5) is 9.54. The standard InChI is InChI=1S/C50H54N4/c1-47(2,3)31-13-17-41-37(25-31)38-26-32(48(4,5)6)14-18-42(38)53(41)45-29-51-23-21-35(45)36-22-24-52-30-46(36)54-43-19-15-33(49(7,8)9)27-39(43)40-28-34(50(10,11)12)16-20-44(40)54/h13-30H,1-12H3. The Balaban J connectivity index is 1.43. The predicted octanol–water partition coefficient (Wildman–Crippen LogP) is 13.5. The molecule has 0 bridgehead atoms. The molecule has 4 aromatic heterocycles. The number of aromatic nitrogens is 4. The van der Waals surface area contributed by atoms with Gasteiger partial charge in [0.1, 0.15) is 0 Å². The molecule has 0 atom stereocenters. The van der Waals surface area contributed by atoms with Crippen LogP contribution in [0.2, 0.25) is 0 Å². The number of benzene rings is 4. The quantitative estimate of drug-likeness (QED) is 0.183. The molecule has 0 aliphatic carbocycles. The summed E-state index contributed by atoms with van der Waals surface area (Å²) in [5.74, 6) is 0. The Hall–Kier alpha value is -5.22. The third-order valence-corrected chi connectivity index (χ3v) is 11.4. The summed E-state index contributed by atoms with van der Waals surface area (Å²) in [6.45, 7) is 27.5. The summed E-state index contributed by atoms with van der Waals surface area (Å²) in [6, 6.07) is 32.4. The number of hydrogen-bond donors (Lipinski definition) is 0. The highest BCUT2D eigenvalue weighted by atomic mass is 15.0. The average Bonchev–Trinajstić information content (AvgIpc) is 3.61. The van der Waals surface area contributed by atoms with Crippen LogP contribution in [0.15, 0.2) is 110 Å². The molecule has 4 heterocycles. The molecule has 8 rings (SSSR count). The Morgan fingerprint density at radius 3 is 0.852 bits per heavy atom. The summed E-state index contributed by atoms with van der Waals surface area (Å²) in [5.41, 5.74) is 14.4. The lowest BCUT2D eigenvalue weighted by Crippen LogP contribution is -2.10. The van der Waals surface area contributed by atoms with Gasteiger partial charge < -0.3 is 9.13 Å². The van der Waals surface area contributed by atoms with Gasteiger partial charge >= 0.3 is 0 Å². The van der Waals surface area contributed by atoms with Gasteiger partial charge in [0.05, 0.1) is 45.8 Å². The van der Waals surface area contributed by atoms with E-state index in [0.29, 0.717) is 0 Å². The molecule has 0 unspecified atom stereocenters. The first-order valence-corrected chi connectivity index (χ1v) is 19.4. The number of fused-ring (bicyclic) bond motifs is 6. The van der Waals surface area contributed by atoms with Crippen LogP contribution in [-0.4, -0.2) is 19.1 Å². The first-order valence-electron chi connectivity index (χ1n) is 19.4. The molecule has 274 valence electrons. The van der Waals surface area contributed by atoms with Gasteiger partial charge in [0, 0.05) is 45.1 Å². The van der Waals surface area contributed by atoms with Crippen LogP contribution in [0.1, 0.15) is 105 Å². The SMILES string of the molecule is CC(C)(C)c1ccc2c(c1)c1cc(C(C)(C)C)ccc1n2-c1cnccc1-c1ccncc1-n1c2ccc(C(C)(C)C)cc2c2cc(C(C)(C)C)ccc21. The first kappa shape index (κ1) is 35.8. The smallest absolute Gasteiger partial charge is 0.0724 e. The van der Waals surface area contributed by atoms with E-state index in [1.165, 1.54) is 65.9 Å². The molecule has 8 aromatic rings. The van der Waals surface area contributed by atoms with E-state index in [1.54, 1.807) is 0 Å². The highest BCUT2D eigenvalue weighted by Gasteiger charge is 2.25. The monoisotopic (exact) mass is 710 g/mol. The van der Waals surface area contributed by atoms with E-state index in [-0.39, 0.29) is 21.7 Å². The summed E-state index contributed by atoms with van der Waals surface area (Å²) in [6.07, 6.45) is 7.91. The van der Waals surface area contributed by atoms with E-state index >= 15 is 0 Å². The summed E-state index contributed by atoms with van der Waals surface area (Å²) in [5, 5.41) is 5.06. The Morgan fingerprint density at radius 2 is 0.611 bits per heavy atom. The largest absolute Gasteiger partial charge is 0.307 e. The van der Waals surface area contributed by atoms with Gasteiger partial charge in [0.15, 0.2) is 0 Å². The minimum atomic E-state index is 0.0270. The van der Waals surface area contributed by atoms with Crippen LogP contribution in [0.4, 0.5) is 0 Å². The van der Waals surface area contributed by atoms with Crippen molar-refractivity contribution in [2.24, 2.45) is 0 Å². The highest BCUT2D eigenvalue weighted by Crippen LogP contribution is 2.43. The van der Waals surface area contributed by atoms with Gasteiger partial charge in [-0.25, -0.2) is 0 Å². The first-order chi connectivity index (χ1) is 25.3. The van der Waals surface area contributed by atoms with Crippen molar-refractivity contribution < 1.29 is 0 Å². The van der Waals surface area contributed by atoms with Crippen LogP contribution in [-0.2, 0) is 21.7 Å². The maximum absolute atomic E-state index is 4.77. The third kappa shape index (κ3) is 5.91. The normalized spacial score (nSPS) is 13.2. The molecule has 0 N–H and O–H groups in total. The average molecular weight is 711 g/mol. The van der Waals surface area contributed by atoms with E-state index in [2.05, 4.69) is 177 Å². The van der Waals surface area contributed by atoms with Gasteiger partial charge in [-0.1, -0.05) is 107 Å². The second-order valence-corrected chi connectivity index (χ2v) is 19.4. The maximum atomic E-state index is 4.77. The maximum Gasteiger partial charge on any atom is 0.0724 e. The Morgan fingerprint density at radius 1 is 0.352 bits per heavy atom. The van der Waals surface area contributed by atoms with Gasteiger partial charge in [0.25, 0.3) is 0 Å². The van der Waals surface area contributed by atoms with Crippen molar-refractivity contribution in [3.63, 3.8) is 0 Å². The molecule has 4 nitrogen and oxygen atoms in total. The lowest BCUT2D eigenvalue weighted by molar-refractivity contribution is 0.590. The molecule has 0 radical (unpaired) electrons. The Bertz CT molecular complexity index is 2410. The van der Waals surface area contributed by atoms with Gasteiger partial charge in [0.2, 0.25) is 0 Å². The number of pyridine rings is 2. The lowest BCUT2D eigenvalue weighted by Gasteiger charge is -2.20. The fourth-order valence-electron chi connectivity index (χ4n) is 8.02. The zero-order chi connectivity index (χ0) is 38.5.